The summed E-state index contributed by atoms with van der Waals surface area (Å²) in [4.78, 5) is 22.0. The average Bonchev–Trinajstić information content (AvgIpc) is 2.81. The van der Waals surface area contributed by atoms with Crippen LogP contribution in [0.2, 0.25) is 5.02 Å². The lowest BCUT2D eigenvalue weighted by Crippen LogP contribution is -2.13. The van der Waals surface area contributed by atoms with Gasteiger partial charge in [-0.15, -0.1) is 0 Å². The molecule has 2 N–H and O–H groups in total. The molecule has 0 radical (unpaired) electrons. The molecule has 5 rings (SSSR count). The van der Waals surface area contributed by atoms with Crippen LogP contribution in [0.4, 0.5) is 17.2 Å². The summed E-state index contributed by atoms with van der Waals surface area (Å²) in [5, 5.41) is 9.54. The minimum Gasteiger partial charge on any atom is -0.340 e. The van der Waals surface area contributed by atoms with Crippen LogP contribution in [-0.2, 0) is 0 Å². The van der Waals surface area contributed by atoms with Crippen molar-refractivity contribution >= 4 is 56.4 Å². The Kier molecular flexibility index (Phi) is 5.17. The van der Waals surface area contributed by atoms with Gasteiger partial charge in [-0.05, 0) is 42.1 Å². The number of para-hydroxylation sites is 1. The van der Waals surface area contributed by atoms with Crippen LogP contribution in [0.5, 0.6) is 0 Å². The van der Waals surface area contributed by atoms with Crippen LogP contribution in [0.1, 0.15) is 15.9 Å². The Morgan fingerprint density at radius 2 is 1.62 bits per heavy atom. The highest BCUT2D eigenvalue weighted by molar-refractivity contribution is 6.31. The number of fused-ring (bicyclic) bond motifs is 2. The zero-order valence-corrected chi connectivity index (χ0v) is 18.0. The first-order valence-corrected chi connectivity index (χ1v) is 10.5. The number of rotatable bonds is 4. The molecule has 0 fully saturated rings. The maximum absolute atomic E-state index is 13.1. The van der Waals surface area contributed by atoms with E-state index in [1.807, 2.05) is 79.7 Å². The maximum Gasteiger partial charge on any atom is 0.257 e. The van der Waals surface area contributed by atoms with Gasteiger partial charge < -0.3 is 10.6 Å². The summed E-state index contributed by atoms with van der Waals surface area (Å²) in [6.45, 7) is 1.96. The van der Waals surface area contributed by atoms with Gasteiger partial charge in [0.15, 0.2) is 0 Å². The predicted octanol–water partition coefficient (Wildman–Crippen LogP) is 6.74. The molecular formula is C26H19ClN4O. The van der Waals surface area contributed by atoms with E-state index >= 15 is 0 Å². The minimum absolute atomic E-state index is 0.240. The third kappa shape index (κ3) is 3.86. The molecule has 2 aromatic heterocycles. The largest absolute Gasteiger partial charge is 0.340 e. The van der Waals surface area contributed by atoms with Crippen molar-refractivity contribution in [1.82, 2.24) is 9.97 Å². The number of hydrogen-bond acceptors (Lipinski definition) is 4. The molecule has 0 saturated heterocycles. The number of benzene rings is 3. The van der Waals surface area contributed by atoms with Crippen LogP contribution in [0.3, 0.4) is 0 Å². The molecule has 0 unspecified atom stereocenters. The molecule has 0 atom stereocenters. The monoisotopic (exact) mass is 438 g/mol. The Morgan fingerprint density at radius 1 is 0.844 bits per heavy atom. The second-order valence-electron chi connectivity index (χ2n) is 7.53. The molecule has 3 aromatic carbocycles. The molecule has 0 aliphatic heterocycles. The molecule has 0 spiro atoms. The Morgan fingerprint density at radius 3 is 2.47 bits per heavy atom. The first-order valence-electron chi connectivity index (χ1n) is 10.2. The van der Waals surface area contributed by atoms with Gasteiger partial charge in [0.1, 0.15) is 5.82 Å². The number of carbonyl (C=O) groups is 1. The van der Waals surface area contributed by atoms with E-state index in [2.05, 4.69) is 20.6 Å². The highest BCUT2D eigenvalue weighted by Gasteiger charge is 2.14. The van der Waals surface area contributed by atoms with Crippen molar-refractivity contribution in [2.75, 3.05) is 10.6 Å². The summed E-state index contributed by atoms with van der Waals surface area (Å²) in [5.41, 5.74) is 3.84. The second kappa shape index (κ2) is 8.29. The fourth-order valence-electron chi connectivity index (χ4n) is 3.62. The molecule has 156 valence electrons. The number of aryl methyl sites for hydroxylation is 1. The third-order valence-corrected chi connectivity index (χ3v) is 5.73. The zero-order valence-electron chi connectivity index (χ0n) is 17.3. The van der Waals surface area contributed by atoms with E-state index in [1.165, 1.54) is 0 Å². The Balaban J connectivity index is 1.48. The van der Waals surface area contributed by atoms with Crippen LogP contribution in [0.15, 0.2) is 85.2 Å². The summed E-state index contributed by atoms with van der Waals surface area (Å²) in [7, 11) is 0. The fourth-order valence-corrected chi connectivity index (χ4v) is 3.80. The van der Waals surface area contributed by atoms with Crippen molar-refractivity contribution in [3.05, 3.63) is 101 Å². The van der Waals surface area contributed by atoms with Gasteiger partial charge in [-0.1, -0.05) is 60.1 Å². The lowest BCUT2D eigenvalue weighted by molar-refractivity contribution is 0.102. The first kappa shape index (κ1) is 20.0. The molecule has 5 nitrogen and oxygen atoms in total. The van der Waals surface area contributed by atoms with Crippen LogP contribution in [0.25, 0.3) is 21.7 Å². The summed E-state index contributed by atoms with van der Waals surface area (Å²) in [6.07, 6.45) is 3.25. The number of nitrogens with one attached hydrogen (secondary N) is 2. The van der Waals surface area contributed by atoms with Crippen molar-refractivity contribution in [1.29, 1.82) is 0 Å². The lowest BCUT2D eigenvalue weighted by atomic mass is 10.1. The lowest BCUT2D eigenvalue weighted by Gasteiger charge is -2.13. The number of carbonyl (C=O) groups excluding carboxylic acids is 1. The second-order valence-corrected chi connectivity index (χ2v) is 7.93. The molecule has 0 aliphatic carbocycles. The van der Waals surface area contributed by atoms with Gasteiger partial charge in [0.25, 0.3) is 5.91 Å². The molecule has 2 heterocycles. The number of aromatic nitrogens is 2. The van der Waals surface area contributed by atoms with Gasteiger partial charge in [0.05, 0.1) is 23.0 Å². The van der Waals surface area contributed by atoms with Crippen molar-refractivity contribution in [2.24, 2.45) is 0 Å². The topological polar surface area (TPSA) is 66.9 Å². The quantitative estimate of drug-likeness (QED) is 0.326. The molecule has 5 aromatic rings. The molecule has 6 heteroatoms. The van der Waals surface area contributed by atoms with Crippen molar-refractivity contribution in [2.45, 2.75) is 6.92 Å². The van der Waals surface area contributed by atoms with E-state index in [9.17, 15) is 4.79 Å². The van der Waals surface area contributed by atoms with E-state index in [4.69, 9.17) is 11.6 Å². The maximum atomic E-state index is 13.1. The van der Waals surface area contributed by atoms with Gasteiger partial charge in [-0.2, -0.15) is 0 Å². The van der Waals surface area contributed by atoms with E-state index in [-0.39, 0.29) is 5.91 Å². The number of halogens is 1. The standard InChI is InChI=1S/C26H19ClN4O/c1-16-10-11-18(13-23(16)27)30-25-21-8-4-3-7-20(21)22(15-29-25)26(32)31-19-12-17-6-2-5-9-24(17)28-14-19/h2-15H,1H3,(H,29,30)(H,31,32). The molecular weight excluding hydrogens is 420 g/mol. The van der Waals surface area contributed by atoms with Gasteiger partial charge in [0, 0.05) is 27.7 Å². The van der Waals surface area contributed by atoms with E-state index in [0.29, 0.717) is 22.1 Å². The van der Waals surface area contributed by atoms with Crippen molar-refractivity contribution < 1.29 is 4.79 Å². The van der Waals surface area contributed by atoms with Gasteiger partial charge >= 0.3 is 0 Å². The summed E-state index contributed by atoms with van der Waals surface area (Å²) < 4.78 is 0. The van der Waals surface area contributed by atoms with Gasteiger partial charge in [-0.3, -0.25) is 9.78 Å². The average molecular weight is 439 g/mol. The van der Waals surface area contributed by atoms with Crippen molar-refractivity contribution in [3.8, 4) is 0 Å². The Labute approximate surface area is 190 Å². The van der Waals surface area contributed by atoms with E-state index in [1.54, 1.807) is 12.4 Å². The predicted molar refractivity (Wildman–Crippen MR) is 131 cm³/mol. The number of nitrogens with zero attached hydrogens (tertiary/aromatic N) is 2. The van der Waals surface area contributed by atoms with Crippen LogP contribution in [0, 0.1) is 6.92 Å². The highest BCUT2D eigenvalue weighted by Crippen LogP contribution is 2.29. The van der Waals surface area contributed by atoms with Crippen molar-refractivity contribution in [3.63, 3.8) is 0 Å². The van der Waals surface area contributed by atoms with E-state index < -0.39 is 0 Å². The number of hydrogen-bond donors (Lipinski definition) is 2. The SMILES string of the molecule is Cc1ccc(Nc2ncc(C(=O)Nc3cnc4ccccc4c3)c3ccccc23)cc1Cl. The first-order chi connectivity index (χ1) is 15.6. The molecule has 0 aliphatic rings. The number of anilines is 3. The Hall–Kier alpha value is -3.96. The summed E-state index contributed by atoms with van der Waals surface area (Å²) in [5.74, 6) is 0.417. The fraction of sp³-hybridized carbons (Fsp3) is 0.0385. The third-order valence-electron chi connectivity index (χ3n) is 5.32. The molecule has 1 amide bonds. The number of pyridine rings is 2. The summed E-state index contributed by atoms with van der Waals surface area (Å²) >= 11 is 6.26. The van der Waals surface area contributed by atoms with Gasteiger partial charge in [0.2, 0.25) is 0 Å². The van der Waals surface area contributed by atoms with Crippen LogP contribution in [-0.4, -0.2) is 15.9 Å². The molecule has 32 heavy (non-hydrogen) atoms. The molecule has 0 saturated carbocycles. The van der Waals surface area contributed by atoms with Crippen LogP contribution >= 0.6 is 11.6 Å². The zero-order chi connectivity index (χ0) is 22.1. The van der Waals surface area contributed by atoms with E-state index in [0.717, 1.165) is 32.9 Å². The summed E-state index contributed by atoms with van der Waals surface area (Å²) in [6, 6.07) is 23.1. The van der Waals surface area contributed by atoms with Gasteiger partial charge in [-0.25, -0.2) is 4.98 Å². The van der Waals surface area contributed by atoms with Crippen LogP contribution < -0.4 is 10.6 Å². The Bertz CT molecular complexity index is 1480. The smallest absolute Gasteiger partial charge is 0.257 e. The minimum atomic E-state index is -0.240. The molecule has 0 bridgehead atoms. The number of amides is 1. The highest BCUT2D eigenvalue weighted by atomic mass is 35.5. The normalized spacial score (nSPS) is 10.9.